The highest BCUT2D eigenvalue weighted by molar-refractivity contribution is 5.98. The van der Waals surface area contributed by atoms with E-state index in [0.717, 1.165) is 37.3 Å². The van der Waals surface area contributed by atoms with Crippen LogP contribution in [0.4, 0.5) is 0 Å². The van der Waals surface area contributed by atoms with Gasteiger partial charge in [0.2, 0.25) is 0 Å². The quantitative estimate of drug-likeness (QED) is 0.171. The Hall–Kier alpha value is -3.34. The highest BCUT2D eigenvalue weighted by atomic mass is 16.5. The molecule has 6 rings (SSSR count). The van der Waals surface area contributed by atoms with Crippen LogP contribution in [-0.2, 0) is 24.4 Å². The molecule has 5 aromatic rings. The third-order valence-electron chi connectivity index (χ3n) is 7.94. The molecule has 196 valence electrons. The van der Waals surface area contributed by atoms with Crippen LogP contribution in [0, 0.1) is 0 Å². The van der Waals surface area contributed by atoms with E-state index in [1.807, 2.05) is 6.07 Å². The first-order chi connectivity index (χ1) is 18.8. The zero-order chi connectivity index (χ0) is 25.7. The molecule has 38 heavy (non-hydrogen) atoms. The fourth-order valence-corrected chi connectivity index (χ4v) is 6.08. The molecule has 0 spiro atoms. The predicted octanol–water partition coefficient (Wildman–Crippen LogP) is 7.73. The zero-order valence-corrected chi connectivity index (χ0v) is 22.5. The zero-order valence-electron chi connectivity index (χ0n) is 22.5. The average Bonchev–Trinajstić information content (AvgIpc) is 3.52. The second-order valence-corrected chi connectivity index (χ2v) is 10.5. The van der Waals surface area contributed by atoms with E-state index in [2.05, 4.69) is 89.0 Å². The van der Waals surface area contributed by atoms with Crippen molar-refractivity contribution < 1.29 is 9.47 Å². The first-order valence-electron chi connectivity index (χ1n) is 14.3. The lowest BCUT2D eigenvalue weighted by Crippen LogP contribution is -2.31. The van der Waals surface area contributed by atoms with Crippen molar-refractivity contribution in [3.8, 4) is 16.9 Å². The first kappa shape index (κ1) is 25.0. The summed E-state index contributed by atoms with van der Waals surface area (Å²) in [4.78, 5) is 2.59. The molecule has 4 nitrogen and oxygen atoms in total. The molecule has 0 N–H and O–H groups in total. The van der Waals surface area contributed by atoms with Crippen LogP contribution in [0.25, 0.3) is 27.7 Å². The molecular formula is C34H38N2O2. The van der Waals surface area contributed by atoms with E-state index in [9.17, 15) is 0 Å². The molecule has 0 radical (unpaired) electrons. The first-order valence-corrected chi connectivity index (χ1v) is 14.3. The number of aryl methyl sites for hydroxylation is 1. The van der Waals surface area contributed by atoms with E-state index < -0.39 is 0 Å². The Morgan fingerprint density at radius 3 is 2.32 bits per heavy atom. The molecule has 0 aliphatic carbocycles. The number of likely N-dealkylation sites (tertiary alicyclic amines) is 1. The summed E-state index contributed by atoms with van der Waals surface area (Å²) in [6.07, 6.45) is 6.12. The van der Waals surface area contributed by atoms with Gasteiger partial charge in [-0.25, -0.2) is 0 Å². The maximum Gasteiger partial charge on any atom is 0.143 e. The Morgan fingerprint density at radius 1 is 0.789 bits per heavy atom. The van der Waals surface area contributed by atoms with E-state index in [-0.39, 0.29) is 0 Å². The minimum Gasteiger partial charge on any atom is -0.487 e. The Labute approximate surface area is 226 Å². The Morgan fingerprint density at radius 2 is 1.55 bits per heavy atom. The van der Waals surface area contributed by atoms with Crippen molar-refractivity contribution in [2.24, 2.45) is 0 Å². The molecular weight excluding hydrogens is 468 g/mol. The summed E-state index contributed by atoms with van der Waals surface area (Å²) >= 11 is 0. The van der Waals surface area contributed by atoms with Crippen LogP contribution in [0.5, 0.6) is 5.75 Å². The van der Waals surface area contributed by atoms with Crippen molar-refractivity contribution in [3.05, 3.63) is 95.6 Å². The van der Waals surface area contributed by atoms with Gasteiger partial charge in [0.15, 0.2) is 0 Å². The van der Waals surface area contributed by atoms with Crippen molar-refractivity contribution in [3.63, 3.8) is 0 Å². The van der Waals surface area contributed by atoms with Gasteiger partial charge in [-0.05, 0) is 73.7 Å². The lowest BCUT2D eigenvalue weighted by atomic mass is 9.98. The summed E-state index contributed by atoms with van der Waals surface area (Å²) in [5, 5.41) is 0. The second kappa shape index (κ2) is 11.6. The lowest BCUT2D eigenvalue weighted by molar-refractivity contribution is 0.106. The van der Waals surface area contributed by atoms with Crippen LogP contribution in [0.15, 0.2) is 78.9 Å². The minimum atomic E-state index is 0.554. The van der Waals surface area contributed by atoms with Crippen LogP contribution in [0.2, 0.25) is 0 Å². The van der Waals surface area contributed by atoms with E-state index in [0.29, 0.717) is 13.2 Å². The Balaban J connectivity index is 1.32. The molecule has 2 aromatic carbocycles. The molecule has 3 aromatic heterocycles. The number of aromatic nitrogens is 1. The summed E-state index contributed by atoms with van der Waals surface area (Å²) in [7, 11) is 0. The number of benzene rings is 2. The summed E-state index contributed by atoms with van der Waals surface area (Å²) in [6.45, 7) is 7.84. The topological polar surface area (TPSA) is 26.1 Å². The van der Waals surface area contributed by atoms with Crippen LogP contribution in [0.3, 0.4) is 0 Å². The van der Waals surface area contributed by atoms with Crippen molar-refractivity contribution >= 4 is 16.6 Å². The monoisotopic (exact) mass is 506 g/mol. The summed E-state index contributed by atoms with van der Waals surface area (Å²) in [5.74, 6) is 0.917. The number of hydrogen-bond acceptors (Lipinski definition) is 3. The minimum absolute atomic E-state index is 0.554. The van der Waals surface area contributed by atoms with Crippen molar-refractivity contribution in [2.45, 2.75) is 52.2 Å². The number of nitrogens with zero attached hydrogens (tertiary/aromatic N) is 2. The standard InChI is InChI=1S/C34H38N2O2/c1-2-29-30-17-18-32(38-24-26-13-6-3-7-14-26)31-23-28(25-37-22-12-21-35-19-10-5-11-20-35)34(36(30)31)33(29)27-15-8-4-9-16-27/h3-4,6-9,13-18,23H,2,5,10-12,19-22,24-25H2,1H3. The molecule has 1 aliphatic heterocycles. The highest BCUT2D eigenvalue weighted by Crippen LogP contribution is 2.42. The number of hydrogen-bond donors (Lipinski definition) is 0. The fourth-order valence-electron chi connectivity index (χ4n) is 6.08. The third kappa shape index (κ3) is 5.03. The number of pyridine rings is 1. The molecule has 0 saturated carbocycles. The number of rotatable bonds is 11. The van der Waals surface area contributed by atoms with Gasteiger partial charge in [0, 0.05) is 24.3 Å². The molecule has 1 saturated heterocycles. The second-order valence-electron chi connectivity index (χ2n) is 10.5. The van der Waals surface area contributed by atoms with Gasteiger partial charge >= 0.3 is 0 Å². The van der Waals surface area contributed by atoms with Gasteiger partial charge in [-0.15, -0.1) is 0 Å². The van der Waals surface area contributed by atoms with Crippen LogP contribution in [-0.4, -0.2) is 35.5 Å². The van der Waals surface area contributed by atoms with Crippen LogP contribution < -0.4 is 4.74 Å². The molecule has 0 bridgehead atoms. The van der Waals surface area contributed by atoms with E-state index >= 15 is 0 Å². The van der Waals surface area contributed by atoms with Gasteiger partial charge < -0.3 is 18.8 Å². The SMILES string of the molecule is CCc1c(-c2ccccc2)c2c(COCCCN3CCCCC3)cc3c(OCc4ccccc4)ccc1n32. The maximum atomic E-state index is 6.39. The predicted molar refractivity (Wildman–Crippen MR) is 156 cm³/mol. The molecule has 0 unspecified atom stereocenters. The van der Waals surface area contributed by atoms with Gasteiger partial charge in [0.25, 0.3) is 0 Å². The summed E-state index contributed by atoms with van der Waals surface area (Å²) in [5.41, 5.74) is 10.0. The molecule has 1 aliphatic rings. The lowest BCUT2D eigenvalue weighted by Gasteiger charge is -2.26. The average molecular weight is 507 g/mol. The Kier molecular flexibility index (Phi) is 7.61. The summed E-state index contributed by atoms with van der Waals surface area (Å²) < 4.78 is 15.1. The number of piperidine rings is 1. The van der Waals surface area contributed by atoms with Gasteiger partial charge in [-0.1, -0.05) is 74.0 Å². The van der Waals surface area contributed by atoms with E-state index in [1.54, 1.807) is 0 Å². The van der Waals surface area contributed by atoms with Gasteiger partial charge in [-0.3, -0.25) is 0 Å². The molecule has 0 atom stereocenters. The molecule has 0 amide bonds. The highest BCUT2D eigenvalue weighted by Gasteiger charge is 2.23. The van der Waals surface area contributed by atoms with Crippen LogP contribution in [0.1, 0.15) is 49.3 Å². The third-order valence-corrected chi connectivity index (χ3v) is 7.94. The van der Waals surface area contributed by atoms with E-state index in [4.69, 9.17) is 9.47 Å². The van der Waals surface area contributed by atoms with Gasteiger partial charge in [0.05, 0.1) is 23.2 Å². The maximum absolute atomic E-state index is 6.39. The normalized spacial score (nSPS) is 14.6. The largest absolute Gasteiger partial charge is 0.487 e. The Bertz CT molecular complexity index is 1450. The van der Waals surface area contributed by atoms with Gasteiger partial charge in [-0.2, -0.15) is 0 Å². The molecule has 4 heterocycles. The van der Waals surface area contributed by atoms with Gasteiger partial charge in [0.1, 0.15) is 12.4 Å². The van der Waals surface area contributed by atoms with Crippen molar-refractivity contribution in [2.75, 3.05) is 26.2 Å². The van der Waals surface area contributed by atoms with Crippen LogP contribution >= 0.6 is 0 Å². The van der Waals surface area contributed by atoms with Crippen molar-refractivity contribution in [1.82, 2.24) is 9.30 Å². The van der Waals surface area contributed by atoms with Crippen molar-refractivity contribution in [1.29, 1.82) is 0 Å². The molecule has 1 fully saturated rings. The van der Waals surface area contributed by atoms with E-state index in [1.165, 1.54) is 71.2 Å². The molecule has 4 heteroatoms. The summed E-state index contributed by atoms with van der Waals surface area (Å²) in [6, 6.07) is 27.9. The number of ether oxygens (including phenoxy) is 2. The smallest absolute Gasteiger partial charge is 0.143 e. The fraction of sp³-hybridized carbons (Fsp3) is 0.353.